The Kier molecular flexibility index (Phi) is 6.00. The highest BCUT2D eigenvalue weighted by molar-refractivity contribution is 6.35. The highest BCUT2D eigenvalue weighted by atomic mass is 16.2. The van der Waals surface area contributed by atoms with Crippen LogP contribution in [0.15, 0.2) is 42.7 Å². The average molecular weight is 351 g/mol. The number of pyridine rings is 1. The zero-order valence-corrected chi connectivity index (χ0v) is 15.1. The summed E-state index contributed by atoms with van der Waals surface area (Å²) in [5, 5.41) is 5.51. The van der Waals surface area contributed by atoms with Gasteiger partial charge in [-0.2, -0.15) is 0 Å². The fraction of sp³-hybridized carbons (Fsp3) is 0.381. The van der Waals surface area contributed by atoms with Gasteiger partial charge in [-0.3, -0.25) is 14.6 Å². The molecule has 0 saturated heterocycles. The summed E-state index contributed by atoms with van der Waals surface area (Å²) in [6.07, 6.45) is 8.75. The Morgan fingerprint density at radius 3 is 2.50 bits per heavy atom. The van der Waals surface area contributed by atoms with E-state index in [0.29, 0.717) is 6.54 Å². The molecule has 1 aliphatic carbocycles. The first-order valence-electron chi connectivity index (χ1n) is 9.26. The van der Waals surface area contributed by atoms with Crippen LogP contribution in [0.3, 0.4) is 0 Å². The molecule has 5 heteroatoms. The molecular weight excluding hydrogens is 326 g/mol. The summed E-state index contributed by atoms with van der Waals surface area (Å²) in [4.78, 5) is 28.3. The number of nitrogens with zero attached hydrogens (tertiary/aromatic N) is 1. The van der Waals surface area contributed by atoms with Crippen molar-refractivity contribution in [1.29, 1.82) is 0 Å². The number of benzene rings is 1. The first kappa shape index (κ1) is 18.1. The number of rotatable bonds is 5. The number of nitrogens with one attached hydrogen (secondary N) is 2. The Bertz CT molecular complexity index is 774. The van der Waals surface area contributed by atoms with Crippen LogP contribution in [0.5, 0.6) is 0 Å². The second-order valence-electron chi connectivity index (χ2n) is 6.71. The van der Waals surface area contributed by atoms with Crippen molar-refractivity contribution in [1.82, 2.24) is 15.6 Å². The number of carbonyl (C=O) groups excluding carboxylic acids is 2. The average Bonchev–Trinajstić information content (AvgIpc) is 2.70. The summed E-state index contributed by atoms with van der Waals surface area (Å²) in [5.74, 6) is -1.21. The molecule has 0 bridgehead atoms. The van der Waals surface area contributed by atoms with E-state index in [1.165, 1.54) is 24.0 Å². The Morgan fingerprint density at radius 1 is 1.04 bits per heavy atom. The third-order valence-corrected chi connectivity index (χ3v) is 4.90. The number of hydrogen-bond acceptors (Lipinski definition) is 3. The fourth-order valence-corrected chi connectivity index (χ4v) is 3.38. The van der Waals surface area contributed by atoms with E-state index in [2.05, 4.69) is 33.8 Å². The minimum Gasteiger partial charge on any atom is -0.344 e. The number of aryl methyl sites for hydroxylation is 2. The van der Waals surface area contributed by atoms with Crippen molar-refractivity contribution in [3.8, 4) is 0 Å². The summed E-state index contributed by atoms with van der Waals surface area (Å²) >= 11 is 0. The van der Waals surface area contributed by atoms with Crippen LogP contribution >= 0.6 is 0 Å². The zero-order chi connectivity index (χ0) is 18.4. The summed E-state index contributed by atoms with van der Waals surface area (Å²) in [6.45, 7) is 2.32. The van der Waals surface area contributed by atoms with E-state index in [9.17, 15) is 9.59 Å². The molecule has 1 aliphatic rings. The zero-order valence-electron chi connectivity index (χ0n) is 15.1. The van der Waals surface area contributed by atoms with Crippen molar-refractivity contribution in [3.05, 3.63) is 65.0 Å². The molecule has 2 amide bonds. The maximum absolute atomic E-state index is 12.3. The predicted octanol–water partition coefficient (Wildman–Crippen LogP) is 2.84. The van der Waals surface area contributed by atoms with Crippen LogP contribution in [0.1, 0.15) is 54.5 Å². The van der Waals surface area contributed by atoms with E-state index in [1.807, 2.05) is 6.92 Å². The lowest BCUT2D eigenvalue weighted by atomic mass is 9.89. The van der Waals surface area contributed by atoms with E-state index in [4.69, 9.17) is 0 Å². The van der Waals surface area contributed by atoms with Crippen LogP contribution in [-0.4, -0.2) is 16.8 Å². The van der Waals surface area contributed by atoms with E-state index < -0.39 is 11.8 Å². The molecule has 2 aromatic rings. The smallest absolute Gasteiger partial charge is 0.309 e. The van der Waals surface area contributed by atoms with Crippen LogP contribution in [0, 0.1) is 0 Å². The molecule has 26 heavy (non-hydrogen) atoms. The van der Waals surface area contributed by atoms with Crippen LogP contribution in [0.4, 0.5) is 0 Å². The quantitative estimate of drug-likeness (QED) is 0.814. The van der Waals surface area contributed by atoms with Gasteiger partial charge in [0.2, 0.25) is 0 Å². The van der Waals surface area contributed by atoms with Crippen molar-refractivity contribution in [2.75, 3.05) is 0 Å². The van der Waals surface area contributed by atoms with Crippen molar-refractivity contribution in [2.45, 2.75) is 51.6 Å². The van der Waals surface area contributed by atoms with E-state index in [-0.39, 0.29) is 6.04 Å². The molecule has 136 valence electrons. The van der Waals surface area contributed by atoms with Crippen molar-refractivity contribution in [3.63, 3.8) is 0 Å². The standard InChI is InChI=1S/C21H25N3O2/c1-2-19(18-8-7-16-5-3-4-6-17(16)13-18)24-21(26)20(25)23-14-15-9-11-22-12-10-15/h7-13,19H,2-6,14H2,1H3,(H,23,25)(H,24,26). The molecule has 5 nitrogen and oxygen atoms in total. The topological polar surface area (TPSA) is 71.1 Å². The van der Waals surface area contributed by atoms with E-state index in [0.717, 1.165) is 30.4 Å². The van der Waals surface area contributed by atoms with Gasteiger partial charge in [-0.05, 0) is 66.5 Å². The van der Waals surface area contributed by atoms with Crippen LogP contribution in [0.2, 0.25) is 0 Å². The number of carbonyl (C=O) groups is 2. The second kappa shape index (κ2) is 8.61. The molecule has 1 aromatic heterocycles. The lowest BCUT2D eigenvalue weighted by Gasteiger charge is -2.21. The molecular formula is C21H25N3O2. The second-order valence-corrected chi connectivity index (χ2v) is 6.71. The highest BCUT2D eigenvalue weighted by Gasteiger charge is 2.20. The molecule has 3 rings (SSSR count). The molecule has 1 heterocycles. The normalized spacial score (nSPS) is 14.2. The SMILES string of the molecule is CCC(NC(=O)C(=O)NCc1ccncc1)c1ccc2c(c1)CCCC2. The number of fused-ring (bicyclic) bond motifs is 1. The van der Waals surface area contributed by atoms with Crippen LogP contribution in [-0.2, 0) is 29.0 Å². The Morgan fingerprint density at radius 2 is 1.77 bits per heavy atom. The van der Waals surface area contributed by atoms with Crippen molar-refractivity contribution < 1.29 is 9.59 Å². The third-order valence-electron chi connectivity index (χ3n) is 4.90. The van der Waals surface area contributed by atoms with Gasteiger partial charge < -0.3 is 10.6 Å². The molecule has 0 fully saturated rings. The molecule has 1 atom stereocenters. The Hall–Kier alpha value is -2.69. The molecule has 0 radical (unpaired) electrons. The largest absolute Gasteiger partial charge is 0.344 e. The van der Waals surface area contributed by atoms with Gasteiger partial charge in [0.25, 0.3) is 0 Å². The van der Waals surface area contributed by atoms with E-state index >= 15 is 0 Å². The number of hydrogen-bond donors (Lipinski definition) is 2. The van der Waals surface area contributed by atoms with Gasteiger partial charge in [-0.1, -0.05) is 25.1 Å². The molecule has 2 N–H and O–H groups in total. The van der Waals surface area contributed by atoms with E-state index in [1.54, 1.807) is 24.5 Å². The molecule has 0 saturated carbocycles. The predicted molar refractivity (Wildman–Crippen MR) is 100 cm³/mol. The van der Waals surface area contributed by atoms with Crippen molar-refractivity contribution in [2.24, 2.45) is 0 Å². The monoisotopic (exact) mass is 351 g/mol. The molecule has 0 spiro atoms. The molecule has 1 aromatic carbocycles. The van der Waals surface area contributed by atoms with Gasteiger partial charge in [0, 0.05) is 18.9 Å². The highest BCUT2D eigenvalue weighted by Crippen LogP contribution is 2.26. The lowest BCUT2D eigenvalue weighted by Crippen LogP contribution is -2.41. The molecule has 0 aliphatic heterocycles. The summed E-state index contributed by atoms with van der Waals surface area (Å²) in [6, 6.07) is 9.90. The third kappa shape index (κ3) is 4.48. The summed E-state index contributed by atoms with van der Waals surface area (Å²) in [7, 11) is 0. The lowest BCUT2D eigenvalue weighted by molar-refractivity contribution is -0.139. The van der Waals surface area contributed by atoms with Crippen LogP contribution in [0.25, 0.3) is 0 Å². The van der Waals surface area contributed by atoms with Crippen LogP contribution < -0.4 is 10.6 Å². The fourth-order valence-electron chi connectivity index (χ4n) is 3.38. The van der Waals surface area contributed by atoms with Gasteiger partial charge >= 0.3 is 11.8 Å². The van der Waals surface area contributed by atoms with Gasteiger partial charge in [-0.25, -0.2) is 0 Å². The first-order chi connectivity index (χ1) is 12.7. The van der Waals surface area contributed by atoms with Crippen molar-refractivity contribution >= 4 is 11.8 Å². The number of amides is 2. The Labute approximate surface area is 154 Å². The Balaban J connectivity index is 1.60. The minimum atomic E-state index is -0.613. The van der Waals surface area contributed by atoms with Gasteiger partial charge in [0.15, 0.2) is 0 Å². The van der Waals surface area contributed by atoms with Gasteiger partial charge in [0.1, 0.15) is 0 Å². The maximum atomic E-state index is 12.3. The molecule has 1 unspecified atom stereocenters. The minimum absolute atomic E-state index is 0.151. The summed E-state index contributed by atoms with van der Waals surface area (Å²) in [5.41, 5.74) is 4.77. The first-order valence-corrected chi connectivity index (χ1v) is 9.26. The summed E-state index contributed by atoms with van der Waals surface area (Å²) < 4.78 is 0. The maximum Gasteiger partial charge on any atom is 0.309 e. The number of aromatic nitrogens is 1. The van der Waals surface area contributed by atoms with Gasteiger partial charge in [0.05, 0.1) is 6.04 Å². The van der Waals surface area contributed by atoms with Gasteiger partial charge in [-0.15, -0.1) is 0 Å².